The summed E-state index contributed by atoms with van der Waals surface area (Å²) in [5.74, 6) is -0.894. The normalized spacial score (nSPS) is 17.0. The molecule has 1 saturated heterocycles. The fourth-order valence-corrected chi connectivity index (χ4v) is 5.38. The van der Waals surface area contributed by atoms with Crippen LogP contribution >= 0.6 is 11.6 Å². The molecule has 1 aliphatic heterocycles. The molecular weight excluding hydrogens is 546 g/mol. The largest absolute Gasteiger partial charge is 0.491 e. The van der Waals surface area contributed by atoms with Gasteiger partial charge in [0.25, 0.3) is 11.8 Å². The number of hydrogen-bond donors (Lipinski definition) is 2. The van der Waals surface area contributed by atoms with E-state index < -0.39 is 11.7 Å². The Kier molecular flexibility index (Phi) is 6.98. The lowest BCUT2D eigenvalue weighted by Crippen LogP contribution is -2.25. The van der Waals surface area contributed by atoms with Gasteiger partial charge in [-0.05, 0) is 74.7 Å². The average Bonchev–Trinajstić information content (AvgIpc) is 3.52. The van der Waals surface area contributed by atoms with Crippen molar-refractivity contribution in [2.75, 3.05) is 18.5 Å². The van der Waals surface area contributed by atoms with Crippen molar-refractivity contribution in [3.05, 3.63) is 88.3 Å². The van der Waals surface area contributed by atoms with E-state index in [1.54, 1.807) is 10.7 Å². The fraction of sp³-hybridized carbons (Fsp3) is 0.267. The molecule has 0 radical (unpaired) electrons. The lowest BCUT2D eigenvalue weighted by Gasteiger charge is -2.20. The highest BCUT2D eigenvalue weighted by atomic mass is 35.5. The molecule has 41 heavy (non-hydrogen) atoms. The van der Waals surface area contributed by atoms with E-state index in [0.717, 1.165) is 28.1 Å². The zero-order valence-electron chi connectivity index (χ0n) is 22.5. The van der Waals surface area contributed by atoms with Gasteiger partial charge in [0.2, 0.25) is 0 Å². The van der Waals surface area contributed by atoms with Crippen LogP contribution in [-0.2, 0) is 22.3 Å². The standard InChI is InChI=1S/C30H28ClN5O5/c1-30(2)40-16-21(41-30)15-39-20-8-6-19(7-9-20)36-27-23(26(35-36)28(32)37)10-4-17-3-5-18(13-24(17)27)34-29(38)22-11-12-33-14-25(22)31/h3,5-9,11-14,21H,4,10,15-16H2,1-2H3,(H2,32,37)(H,34,38). The van der Waals surface area contributed by atoms with Gasteiger partial charge < -0.3 is 25.3 Å². The molecule has 2 aromatic heterocycles. The highest BCUT2D eigenvalue weighted by molar-refractivity contribution is 6.34. The molecule has 1 atom stereocenters. The van der Waals surface area contributed by atoms with Gasteiger partial charge >= 0.3 is 0 Å². The minimum atomic E-state index is -0.611. The SMILES string of the molecule is CC1(C)OCC(COc2ccc(-n3nc(C(N)=O)c4c3-c3cc(NC(=O)c5ccncc5Cl)ccc3CC4)cc2)O1. The average molecular weight is 574 g/mol. The van der Waals surface area contributed by atoms with Gasteiger partial charge in [-0.1, -0.05) is 17.7 Å². The number of benzene rings is 2. The number of nitrogens with zero attached hydrogens (tertiary/aromatic N) is 3. The van der Waals surface area contributed by atoms with Gasteiger partial charge in [0, 0.05) is 29.2 Å². The molecule has 3 heterocycles. The minimum Gasteiger partial charge on any atom is -0.491 e. The summed E-state index contributed by atoms with van der Waals surface area (Å²) >= 11 is 6.16. The van der Waals surface area contributed by atoms with Crippen LogP contribution in [-0.4, -0.2) is 51.7 Å². The number of aromatic nitrogens is 3. The van der Waals surface area contributed by atoms with E-state index in [0.29, 0.717) is 43.1 Å². The Morgan fingerprint density at radius 3 is 2.68 bits per heavy atom. The lowest BCUT2D eigenvalue weighted by atomic mass is 9.88. The van der Waals surface area contributed by atoms with E-state index in [9.17, 15) is 9.59 Å². The Morgan fingerprint density at radius 2 is 1.98 bits per heavy atom. The molecule has 2 amide bonds. The van der Waals surface area contributed by atoms with Crippen molar-refractivity contribution < 1.29 is 23.8 Å². The number of carbonyl (C=O) groups is 2. The van der Waals surface area contributed by atoms with Crippen LogP contribution in [0.2, 0.25) is 5.02 Å². The molecule has 3 N–H and O–H groups in total. The number of amides is 2. The zero-order chi connectivity index (χ0) is 28.7. The maximum atomic E-state index is 12.9. The van der Waals surface area contributed by atoms with E-state index in [1.807, 2.05) is 56.3 Å². The van der Waals surface area contributed by atoms with E-state index in [4.69, 9.17) is 31.5 Å². The summed E-state index contributed by atoms with van der Waals surface area (Å²) in [6, 6.07) is 14.7. The molecule has 210 valence electrons. The van der Waals surface area contributed by atoms with Crippen molar-refractivity contribution in [1.29, 1.82) is 0 Å². The second-order valence-electron chi connectivity index (χ2n) is 10.4. The molecule has 1 fully saturated rings. The van der Waals surface area contributed by atoms with Crippen molar-refractivity contribution in [3.63, 3.8) is 0 Å². The van der Waals surface area contributed by atoms with Crippen molar-refractivity contribution in [3.8, 4) is 22.7 Å². The molecule has 4 aromatic rings. The molecule has 0 spiro atoms. The summed E-state index contributed by atoms with van der Waals surface area (Å²) in [5, 5.41) is 7.79. The predicted molar refractivity (Wildman–Crippen MR) is 153 cm³/mol. The van der Waals surface area contributed by atoms with Gasteiger partial charge in [-0.2, -0.15) is 5.10 Å². The van der Waals surface area contributed by atoms with Crippen LogP contribution in [0, 0.1) is 0 Å². The second-order valence-corrected chi connectivity index (χ2v) is 10.8. The topological polar surface area (TPSA) is 131 Å². The number of pyridine rings is 1. The molecule has 2 aliphatic rings. The summed E-state index contributed by atoms with van der Waals surface area (Å²) in [5.41, 5.74) is 11.0. The Balaban J connectivity index is 1.30. The smallest absolute Gasteiger partial charge is 0.269 e. The number of halogens is 1. The molecule has 2 aromatic carbocycles. The van der Waals surface area contributed by atoms with Crippen LogP contribution in [0.1, 0.15) is 45.8 Å². The molecule has 0 bridgehead atoms. The maximum Gasteiger partial charge on any atom is 0.269 e. The van der Waals surface area contributed by atoms with Crippen LogP contribution in [0.4, 0.5) is 5.69 Å². The molecule has 0 saturated carbocycles. The maximum absolute atomic E-state index is 12.9. The first-order valence-corrected chi connectivity index (χ1v) is 13.6. The summed E-state index contributed by atoms with van der Waals surface area (Å²) < 4.78 is 19.0. The second kappa shape index (κ2) is 10.6. The highest BCUT2D eigenvalue weighted by Crippen LogP contribution is 2.38. The Hall–Kier alpha value is -4.25. The van der Waals surface area contributed by atoms with Crippen LogP contribution in [0.3, 0.4) is 0 Å². The molecule has 1 unspecified atom stereocenters. The highest BCUT2D eigenvalue weighted by Gasteiger charge is 2.33. The van der Waals surface area contributed by atoms with Gasteiger partial charge in [-0.3, -0.25) is 14.6 Å². The predicted octanol–water partition coefficient (Wildman–Crippen LogP) is 4.57. The number of carbonyl (C=O) groups excluding carboxylic acids is 2. The van der Waals surface area contributed by atoms with Gasteiger partial charge in [-0.25, -0.2) is 4.68 Å². The molecule has 10 nitrogen and oxygen atoms in total. The summed E-state index contributed by atoms with van der Waals surface area (Å²) in [7, 11) is 0. The summed E-state index contributed by atoms with van der Waals surface area (Å²) in [4.78, 5) is 29.2. The third kappa shape index (κ3) is 5.41. The number of ether oxygens (including phenoxy) is 3. The molecular formula is C30H28ClN5O5. The zero-order valence-corrected chi connectivity index (χ0v) is 23.3. The first-order chi connectivity index (χ1) is 19.7. The minimum absolute atomic E-state index is 0.151. The lowest BCUT2D eigenvalue weighted by molar-refractivity contribution is -0.141. The van der Waals surface area contributed by atoms with E-state index >= 15 is 0 Å². The number of nitrogens with two attached hydrogens (primary N) is 1. The Morgan fingerprint density at radius 1 is 1.17 bits per heavy atom. The van der Waals surface area contributed by atoms with Crippen molar-refractivity contribution in [2.24, 2.45) is 5.73 Å². The van der Waals surface area contributed by atoms with Gasteiger partial charge in [0.05, 0.1) is 28.6 Å². The third-order valence-electron chi connectivity index (χ3n) is 7.09. The molecule has 6 rings (SSSR count). The molecule has 11 heteroatoms. The number of nitrogens with one attached hydrogen (secondary N) is 1. The fourth-order valence-electron chi connectivity index (χ4n) is 5.18. The number of hydrogen-bond acceptors (Lipinski definition) is 7. The van der Waals surface area contributed by atoms with Gasteiger partial charge in [0.1, 0.15) is 18.5 Å². The van der Waals surface area contributed by atoms with E-state index in [-0.39, 0.29) is 22.7 Å². The van der Waals surface area contributed by atoms with Crippen LogP contribution in [0.25, 0.3) is 16.9 Å². The van der Waals surface area contributed by atoms with Crippen molar-refractivity contribution >= 4 is 29.1 Å². The van der Waals surface area contributed by atoms with Gasteiger partial charge in [-0.15, -0.1) is 0 Å². The van der Waals surface area contributed by atoms with Crippen LogP contribution in [0.5, 0.6) is 5.75 Å². The van der Waals surface area contributed by atoms with E-state index in [1.165, 1.54) is 12.4 Å². The van der Waals surface area contributed by atoms with Crippen molar-refractivity contribution in [2.45, 2.75) is 38.6 Å². The first kappa shape index (κ1) is 26.9. The number of aryl methyl sites for hydroxylation is 1. The number of anilines is 1. The Bertz CT molecular complexity index is 1650. The quantitative estimate of drug-likeness (QED) is 0.331. The van der Waals surface area contributed by atoms with Crippen LogP contribution in [0.15, 0.2) is 60.9 Å². The third-order valence-corrected chi connectivity index (χ3v) is 7.39. The monoisotopic (exact) mass is 573 g/mol. The number of rotatable bonds is 7. The van der Waals surface area contributed by atoms with Crippen molar-refractivity contribution in [1.82, 2.24) is 14.8 Å². The summed E-state index contributed by atoms with van der Waals surface area (Å²) in [6.45, 7) is 4.58. The molecule has 1 aliphatic carbocycles. The number of primary amides is 1. The number of fused-ring (bicyclic) bond motifs is 3. The van der Waals surface area contributed by atoms with E-state index in [2.05, 4.69) is 15.4 Å². The summed E-state index contributed by atoms with van der Waals surface area (Å²) in [6.07, 6.45) is 4.10. The van der Waals surface area contributed by atoms with Crippen LogP contribution < -0.4 is 15.8 Å². The van der Waals surface area contributed by atoms with Gasteiger partial charge in [0.15, 0.2) is 11.5 Å². The Labute approximate surface area is 241 Å². The first-order valence-electron chi connectivity index (χ1n) is 13.2.